The van der Waals surface area contributed by atoms with Gasteiger partial charge in [-0.3, -0.25) is 8.97 Å². The van der Waals surface area contributed by atoms with Crippen LogP contribution in [0, 0.1) is 0 Å². The monoisotopic (exact) mass is 862 g/mol. The Bertz CT molecular complexity index is 1410. The molecule has 302 valence electrons. The van der Waals surface area contributed by atoms with Crippen molar-refractivity contribution < 1.29 is 18.6 Å². The Morgan fingerprint density at radius 1 is 0.519 bits per heavy atom. The van der Waals surface area contributed by atoms with Crippen LogP contribution in [0.2, 0.25) is 10.0 Å². The lowest BCUT2D eigenvalue weighted by atomic mass is 9.92. The van der Waals surface area contributed by atoms with Gasteiger partial charge in [0.25, 0.3) is 0 Å². The number of carbonyl (C=O) groups is 2. The van der Waals surface area contributed by atoms with Crippen molar-refractivity contribution in [1.82, 2.24) is 19.6 Å². The van der Waals surface area contributed by atoms with Crippen LogP contribution >= 0.6 is 69.6 Å². The molecule has 0 spiro atoms. The van der Waals surface area contributed by atoms with Crippen molar-refractivity contribution in [1.29, 1.82) is 0 Å². The minimum Gasteiger partial charge on any atom is -0.306 e. The van der Waals surface area contributed by atoms with E-state index in [1.54, 1.807) is 0 Å². The zero-order valence-electron chi connectivity index (χ0n) is 33.0. The SMILES string of the molecule is CN1CCC([N+](C)(C(=O)c2ccc(Cl)cc2SSc2cc(Cl)ccc2C(=O)[N+](C)(C2CCN(C)CC2)C2CCN(C)CC2)C2CCN(C)CC2)CC1.Cl.Cl. The van der Waals surface area contributed by atoms with Crippen molar-refractivity contribution >= 4 is 81.4 Å². The first-order valence-corrected chi connectivity index (χ1v) is 22.2. The molecule has 54 heavy (non-hydrogen) atoms. The Labute approximate surface area is 355 Å². The normalized spacial score (nSPS) is 21.4. The van der Waals surface area contributed by atoms with Crippen LogP contribution in [-0.4, -0.2) is 159 Å². The van der Waals surface area contributed by atoms with E-state index in [-0.39, 0.29) is 60.8 Å². The Morgan fingerprint density at radius 2 is 0.759 bits per heavy atom. The summed E-state index contributed by atoms with van der Waals surface area (Å²) >= 11 is 13.3. The first-order chi connectivity index (χ1) is 24.8. The molecule has 0 aromatic heterocycles. The molecule has 2 aromatic rings. The topological polar surface area (TPSA) is 47.1 Å². The number of amides is 2. The number of piperidine rings is 4. The van der Waals surface area contributed by atoms with Crippen molar-refractivity contribution in [3.05, 3.63) is 57.6 Å². The van der Waals surface area contributed by atoms with Crippen molar-refractivity contribution in [2.45, 2.75) is 85.3 Å². The van der Waals surface area contributed by atoms with Gasteiger partial charge in [0, 0.05) is 124 Å². The maximum Gasteiger partial charge on any atom is 0.347 e. The van der Waals surface area contributed by atoms with Gasteiger partial charge >= 0.3 is 11.8 Å². The number of quaternary nitrogens is 2. The molecule has 4 aliphatic heterocycles. The summed E-state index contributed by atoms with van der Waals surface area (Å²) in [6, 6.07) is 12.5. The van der Waals surface area contributed by atoms with Crippen molar-refractivity contribution in [2.75, 3.05) is 94.6 Å². The number of hydrogen-bond donors (Lipinski definition) is 0. The van der Waals surface area contributed by atoms with Crippen molar-refractivity contribution in [2.24, 2.45) is 0 Å². The first-order valence-electron chi connectivity index (χ1n) is 19.3. The van der Waals surface area contributed by atoms with Gasteiger partial charge in [0.15, 0.2) is 0 Å². The number of halogens is 4. The summed E-state index contributed by atoms with van der Waals surface area (Å²) < 4.78 is 0.872. The van der Waals surface area contributed by atoms with E-state index in [1.165, 1.54) is 21.6 Å². The smallest absolute Gasteiger partial charge is 0.306 e. The summed E-state index contributed by atoms with van der Waals surface area (Å²) in [5.74, 6) is 0.361. The summed E-state index contributed by atoms with van der Waals surface area (Å²) in [5, 5.41) is 1.20. The lowest BCUT2D eigenvalue weighted by Crippen LogP contribution is -2.65. The molecule has 4 aliphatic rings. The molecular weight excluding hydrogens is 802 g/mol. The number of hydrogen-bond acceptors (Lipinski definition) is 8. The standard InChI is InChI=1S/C40H60Cl2N6O2S2.2ClH/c1-43-19-11-31(12-20-43)47(5,32-13-21-44(2)22-14-32)39(49)35-9-7-29(41)27-37(35)51-52-38-28-30(42)8-10-36(38)40(50)48(6,33-15-23-45(3)24-16-33)34-17-25-46(4)26-18-34;;/h7-10,27-28,31-34H,11-26H2,1-6H3;2*1H/q+2;;. The van der Waals surface area contributed by atoms with Gasteiger partial charge in [-0.1, -0.05) is 44.8 Å². The van der Waals surface area contributed by atoms with Gasteiger partial charge in [-0.15, -0.1) is 24.8 Å². The summed E-state index contributed by atoms with van der Waals surface area (Å²) in [7, 11) is 16.2. The Balaban J connectivity index is 0.00000325. The number of rotatable bonds is 9. The maximum absolute atomic E-state index is 15.1. The molecule has 0 N–H and O–H groups in total. The number of carbonyl (C=O) groups excluding carboxylic acids is 2. The van der Waals surface area contributed by atoms with E-state index in [1.807, 2.05) is 36.4 Å². The van der Waals surface area contributed by atoms with Gasteiger partial charge < -0.3 is 19.6 Å². The van der Waals surface area contributed by atoms with E-state index in [0.29, 0.717) is 19.0 Å². The number of likely N-dealkylation sites (tertiary alicyclic amines) is 4. The fourth-order valence-corrected chi connectivity index (χ4v) is 12.3. The van der Waals surface area contributed by atoms with Crippen LogP contribution in [0.25, 0.3) is 0 Å². The molecule has 2 amide bonds. The van der Waals surface area contributed by atoms with E-state index < -0.39 is 0 Å². The Morgan fingerprint density at radius 3 is 1.00 bits per heavy atom. The molecule has 0 radical (unpaired) electrons. The Kier molecular flexibility index (Phi) is 17.0. The molecule has 0 bridgehead atoms. The van der Waals surface area contributed by atoms with Gasteiger partial charge in [0.05, 0.1) is 49.4 Å². The molecule has 8 nitrogen and oxygen atoms in total. The molecule has 4 fully saturated rings. The van der Waals surface area contributed by atoms with Crippen LogP contribution in [0.3, 0.4) is 0 Å². The Hall–Kier alpha value is -0.600. The van der Waals surface area contributed by atoms with Gasteiger partial charge in [-0.05, 0) is 64.6 Å². The van der Waals surface area contributed by atoms with Gasteiger partial charge in [-0.25, -0.2) is 9.59 Å². The minimum atomic E-state index is 0. The van der Waals surface area contributed by atoms with Crippen LogP contribution in [-0.2, 0) is 0 Å². The zero-order chi connectivity index (χ0) is 37.2. The summed E-state index contributed by atoms with van der Waals surface area (Å²) in [4.78, 5) is 41.5. The molecule has 4 saturated heterocycles. The number of benzene rings is 2. The molecule has 0 aliphatic carbocycles. The molecule has 6 rings (SSSR count). The predicted molar refractivity (Wildman–Crippen MR) is 232 cm³/mol. The van der Waals surface area contributed by atoms with Gasteiger partial charge in [0.2, 0.25) is 0 Å². The summed E-state index contributed by atoms with van der Waals surface area (Å²) in [5.41, 5.74) is 1.44. The summed E-state index contributed by atoms with van der Waals surface area (Å²) in [6.07, 6.45) is 8.08. The van der Waals surface area contributed by atoms with Crippen LogP contribution < -0.4 is 0 Å². The molecule has 4 heterocycles. The third kappa shape index (κ3) is 9.98. The second-order valence-electron chi connectivity index (χ2n) is 16.5. The van der Waals surface area contributed by atoms with Gasteiger partial charge in [-0.2, -0.15) is 0 Å². The second kappa shape index (κ2) is 19.9. The second-order valence-corrected chi connectivity index (χ2v) is 19.6. The van der Waals surface area contributed by atoms with Crippen molar-refractivity contribution in [3.8, 4) is 0 Å². The lowest BCUT2D eigenvalue weighted by Gasteiger charge is -2.49. The predicted octanol–water partition coefficient (Wildman–Crippen LogP) is 8.19. The zero-order valence-corrected chi connectivity index (χ0v) is 37.8. The van der Waals surface area contributed by atoms with E-state index in [2.05, 4.69) is 61.9 Å². The largest absolute Gasteiger partial charge is 0.347 e. The quantitative estimate of drug-likeness (QED) is 0.185. The molecule has 0 unspecified atom stereocenters. The fraction of sp³-hybridized carbons (Fsp3) is 0.650. The fourth-order valence-electron chi connectivity index (χ4n) is 9.48. The molecule has 14 heteroatoms. The number of nitrogens with zero attached hydrogens (tertiary/aromatic N) is 6. The first kappa shape index (κ1) is 46.1. The average molecular weight is 865 g/mol. The lowest BCUT2D eigenvalue weighted by molar-refractivity contribution is -0.883. The maximum atomic E-state index is 15.1. The average Bonchev–Trinajstić information content (AvgIpc) is 3.14. The highest BCUT2D eigenvalue weighted by Gasteiger charge is 2.50. The highest BCUT2D eigenvalue weighted by molar-refractivity contribution is 8.76. The molecular formula is C40H62Cl4N6O2S2+2. The molecule has 2 aromatic carbocycles. The van der Waals surface area contributed by atoms with Crippen LogP contribution in [0.4, 0.5) is 0 Å². The van der Waals surface area contributed by atoms with Crippen LogP contribution in [0.15, 0.2) is 46.2 Å². The van der Waals surface area contributed by atoms with E-state index >= 15 is 9.59 Å². The van der Waals surface area contributed by atoms with E-state index in [4.69, 9.17) is 23.2 Å². The summed E-state index contributed by atoms with van der Waals surface area (Å²) in [6.45, 7) is 8.07. The van der Waals surface area contributed by atoms with E-state index in [0.717, 1.165) is 125 Å². The van der Waals surface area contributed by atoms with Gasteiger partial charge in [0.1, 0.15) is 0 Å². The van der Waals surface area contributed by atoms with Crippen LogP contribution in [0.5, 0.6) is 0 Å². The highest BCUT2D eigenvalue weighted by atomic mass is 35.5. The molecule has 0 saturated carbocycles. The molecule has 0 atom stereocenters. The van der Waals surface area contributed by atoms with Crippen LogP contribution in [0.1, 0.15) is 72.1 Å². The third-order valence-corrected chi connectivity index (χ3v) is 16.1. The minimum absolute atomic E-state index is 0. The third-order valence-electron chi connectivity index (χ3n) is 13.2. The van der Waals surface area contributed by atoms with E-state index in [9.17, 15) is 0 Å². The highest BCUT2D eigenvalue weighted by Crippen LogP contribution is 2.45. The van der Waals surface area contributed by atoms with Crippen molar-refractivity contribution in [3.63, 3.8) is 0 Å².